The molecule has 126 valence electrons. The van der Waals surface area contributed by atoms with E-state index in [0.717, 1.165) is 37.8 Å². The molecule has 0 spiro atoms. The summed E-state index contributed by atoms with van der Waals surface area (Å²) in [5.41, 5.74) is 0.641. The summed E-state index contributed by atoms with van der Waals surface area (Å²) in [5.74, 6) is -0.180. The fourth-order valence-corrected chi connectivity index (χ4v) is 2.48. The zero-order chi connectivity index (χ0) is 16.9. The van der Waals surface area contributed by atoms with Crippen molar-refractivity contribution in [3.05, 3.63) is 47.7 Å². The van der Waals surface area contributed by atoms with Gasteiger partial charge in [-0.05, 0) is 30.5 Å². The van der Waals surface area contributed by atoms with Gasteiger partial charge in [0.05, 0.1) is 6.20 Å². The number of nitrogens with zero attached hydrogens (tertiary/aromatic N) is 4. The number of rotatable bonds is 4. The second-order valence-corrected chi connectivity index (χ2v) is 5.65. The Bertz CT molecular complexity index is 751. The maximum Gasteiger partial charge on any atom is 0.318 e. The molecule has 5 nitrogen and oxygen atoms in total. The second-order valence-electron chi connectivity index (χ2n) is 5.65. The van der Waals surface area contributed by atoms with Crippen molar-refractivity contribution in [1.82, 2.24) is 14.9 Å². The third-order valence-electron chi connectivity index (χ3n) is 3.78. The highest BCUT2D eigenvalue weighted by Crippen LogP contribution is 2.20. The number of piperidine rings is 1. The lowest BCUT2D eigenvalue weighted by atomic mass is 10.1. The van der Waals surface area contributed by atoms with E-state index in [4.69, 9.17) is 4.74 Å². The zero-order valence-electron chi connectivity index (χ0n) is 13.4. The van der Waals surface area contributed by atoms with Crippen molar-refractivity contribution >= 4 is 11.7 Å². The number of aromatic nitrogens is 2. The Balaban J connectivity index is 1.75. The number of halogens is 2. The molecule has 7 heteroatoms. The van der Waals surface area contributed by atoms with Gasteiger partial charge in [-0.25, -0.2) is 18.8 Å². The van der Waals surface area contributed by atoms with Gasteiger partial charge in [-0.1, -0.05) is 12.1 Å². The molecule has 1 fully saturated rings. The quantitative estimate of drug-likeness (QED) is 0.860. The summed E-state index contributed by atoms with van der Waals surface area (Å²) in [6.45, 7) is 0.994. The lowest BCUT2D eigenvalue weighted by Crippen LogP contribution is -2.31. The first kappa shape index (κ1) is 16.3. The maximum atomic E-state index is 13.9. The molecule has 0 amide bonds. The Morgan fingerprint density at radius 2 is 2.17 bits per heavy atom. The van der Waals surface area contributed by atoms with Gasteiger partial charge in [0.15, 0.2) is 11.6 Å². The predicted octanol–water partition coefficient (Wildman–Crippen LogP) is 3.48. The topological polar surface area (TPSA) is 50.6 Å². The fraction of sp³-hybridized carbons (Fsp3) is 0.353. The van der Waals surface area contributed by atoms with Gasteiger partial charge in [-0.2, -0.15) is 4.98 Å². The van der Waals surface area contributed by atoms with Crippen LogP contribution in [0.25, 0.3) is 0 Å². The van der Waals surface area contributed by atoms with E-state index < -0.39 is 5.82 Å². The van der Waals surface area contributed by atoms with Crippen LogP contribution in [0.3, 0.4) is 0 Å². The van der Waals surface area contributed by atoms with E-state index in [1.807, 2.05) is 11.9 Å². The maximum absolute atomic E-state index is 13.9. The van der Waals surface area contributed by atoms with Gasteiger partial charge in [0.1, 0.15) is 18.3 Å². The molecule has 1 saturated heterocycles. The fourth-order valence-electron chi connectivity index (χ4n) is 2.48. The summed E-state index contributed by atoms with van der Waals surface area (Å²) in [4.78, 5) is 14.1. The number of amidine groups is 1. The van der Waals surface area contributed by atoms with Crippen LogP contribution in [0.15, 0.2) is 35.5 Å². The number of hydrogen-bond donors (Lipinski definition) is 0. The Morgan fingerprint density at radius 3 is 2.96 bits per heavy atom. The predicted molar refractivity (Wildman–Crippen MR) is 86.3 cm³/mol. The number of ether oxygens (including phenoxy) is 1. The molecule has 0 bridgehead atoms. The molecule has 0 atom stereocenters. The average molecular weight is 332 g/mol. The van der Waals surface area contributed by atoms with Gasteiger partial charge in [0, 0.05) is 20.0 Å². The van der Waals surface area contributed by atoms with Crippen molar-refractivity contribution < 1.29 is 13.5 Å². The van der Waals surface area contributed by atoms with Crippen LogP contribution in [0.2, 0.25) is 0 Å². The minimum Gasteiger partial charge on any atom is -0.459 e. The molecule has 1 aromatic carbocycles. The highest BCUT2D eigenvalue weighted by atomic mass is 19.1. The SMILES string of the molecule is CN1CCCC/C1=N\c1nc(OCc2cccc(F)c2)ncc1F. The molecule has 2 aromatic rings. The van der Waals surface area contributed by atoms with Crippen LogP contribution in [0, 0.1) is 11.6 Å². The number of benzene rings is 1. The van der Waals surface area contributed by atoms with E-state index in [-0.39, 0.29) is 24.3 Å². The van der Waals surface area contributed by atoms with Gasteiger partial charge in [0.25, 0.3) is 0 Å². The van der Waals surface area contributed by atoms with Crippen LogP contribution in [0.4, 0.5) is 14.6 Å². The van der Waals surface area contributed by atoms with Crippen LogP contribution in [0.1, 0.15) is 24.8 Å². The average Bonchev–Trinajstić information content (AvgIpc) is 2.57. The third-order valence-corrected chi connectivity index (χ3v) is 3.78. The van der Waals surface area contributed by atoms with Crippen LogP contribution >= 0.6 is 0 Å². The first-order valence-electron chi connectivity index (χ1n) is 7.80. The monoisotopic (exact) mass is 332 g/mol. The smallest absolute Gasteiger partial charge is 0.318 e. The van der Waals surface area contributed by atoms with Gasteiger partial charge in [-0.15, -0.1) is 0 Å². The lowest BCUT2D eigenvalue weighted by Gasteiger charge is -2.25. The molecule has 24 heavy (non-hydrogen) atoms. The standard InChI is InChI=1S/C17H18F2N4O/c1-23-8-3-2-7-15(23)21-16-14(19)10-20-17(22-16)24-11-12-5-4-6-13(18)9-12/h4-6,9-10H,2-3,7-8,11H2,1H3/b21-15+. The first-order chi connectivity index (χ1) is 11.6. The van der Waals surface area contributed by atoms with Crippen LogP contribution in [-0.2, 0) is 6.61 Å². The Hall–Kier alpha value is -2.57. The van der Waals surface area contributed by atoms with Crippen LogP contribution in [0.5, 0.6) is 6.01 Å². The molecule has 2 heterocycles. The largest absolute Gasteiger partial charge is 0.459 e. The summed E-state index contributed by atoms with van der Waals surface area (Å²) in [6, 6.07) is 6.05. The minimum absolute atomic E-state index is 0.0125. The van der Waals surface area contributed by atoms with Crippen LogP contribution < -0.4 is 4.74 Å². The van der Waals surface area contributed by atoms with E-state index >= 15 is 0 Å². The van der Waals surface area contributed by atoms with Crippen molar-refractivity contribution in [1.29, 1.82) is 0 Å². The minimum atomic E-state index is -0.598. The van der Waals surface area contributed by atoms with Gasteiger partial charge >= 0.3 is 6.01 Å². The molecule has 0 radical (unpaired) electrons. The van der Waals surface area contributed by atoms with E-state index in [2.05, 4.69) is 15.0 Å². The Morgan fingerprint density at radius 1 is 1.29 bits per heavy atom. The van der Waals surface area contributed by atoms with Gasteiger partial charge in [-0.3, -0.25) is 0 Å². The molecule has 0 saturated carbocycles. The highest BCUT2D eigenvalue weighted by Gasteiger charge is 2.15. The zero-order valence-corrected chi connectivity index (χ0v) is 13.4. The number of likely N-dealkylation sites (tertiary alicyclic amines) is 1. The van der Waals surface area contributed by atoms with Crippen molar-refractivity contribution in [3.63, 3.8) is 0 Å². The highest BCUT2D eigenvalue weighted by molar-refractivity contribution is 5.84. The van der Waals surface area contributed by atoms with Crippen molar-refractivity contribution in [2.75, 3.05) is 13.6 Å². The number of hydrogen-bond acceptors (Lipinski definition) is 4. The molecule has 1 aliphatic rings. The molecule has 1 aromatic heterocycles. The van der Waals surface area contributed by atoms with Gasteiger partial charge < -0.3 is 9.64 Å². The van der Waals surface area contributed by atoms with Crippen molar-refractivity contribution in [3.8, 4) is 6.01 Å². The molecule has 0 unspecified atom stereocenters. The summed E-state index contributed by atoms with van der Waals surface area (Å²) in [7, 11) is 1.93. The van der Waals surface area contributed by atoms with Gasteiger partial charge in [0.2, 0.25) is 0 Å². The summed E-state index contributed by atoms with van der Waals surface area (Å²) >= 11 is 0. The van der Waals surface area contributed by atoms with Crippen molar-refractivity contribution in [2.24, 2.45) is 4.99 Å². The van der Waals surface area contributed by atoms with Crippen molar-refractivity contribution in [2.45, 2.75) is 25.9 Å². The molecular weight excluding hydrogens is 314 g/mol. The first-order valence-corrected chi connectivity index (χ1v) is 7.80. The Labute approximate surface area is 139 Å². The van der Waals surface area contributed by atoms with E-state index in [1.165, 1.54) is 12.1 Å². The summed E-state index contributed by atoms with van der Waals surface area (Å²) < 4.78 is 32.5. The van der Waals surface area contributed by atoms with E-state index in [1.54, 1.807) is 12.1 Å². The summed E-state index contributed by atoms with van der Waals surface area (Å²) in [5, 5.41) is 0. The Kier molecular flexibility index (Phi) is 4.98. The molecule has 3 rings (SSSR count). The van der Waals surface area contributed by atoms with Crippen LogP contribution in [-0.4, -0.2) is 34.3 Å². The van der Waals surface area contributed by atoms with E-state index in [0.29, 0.717) is 5.56 Å². The summed E-state index contributed by atoms with van der Waals surface area (Å²) in [6.07, 6.45) is 3.96. The second kappa shape index (κ2) is 7.33. The van der Waals surface area contributed by atoms with E-state index in [9.17, 15) is 8.78 Å². The third kappa shape index (κ3) is 4.04. The molecule has 0 N–H and O–H groups in total. The normalized spacial score (nSPS) is 16.5. The molecule has 0 aliphatic carbocycles. The number of aliphatic imine (C=N–C) groups is 1. The lowest BCUT2D eigenvalue weighted by molar-refractivity contribution is 0.279. The molecule has 1 aliphatic heterocycles. The molecular formula is C17H18F2N4O.